The van der Waals surface area contributed by atoms with E-state index in [0.29, 0.717) is 11.8 Å². The van der Waals surface area contributed by atoms with Crippen molar-refractivity contribution in [3.05, 3.63) is 0 Å². The van der Waals surface area contributed by atoms with Crippen LogP contribution >= 0.6 is 0 Å². The molecule has 0 saturated carbocycles. The molecule has 0 aromatic carbocycles. The summed E-state index contributed by atoms with van der Waals surface area (Å²) in [5, 5.41) is 3.52. The fraction of sp³-hybridized carbons (Fsp3) is 0.933. The lowest BCUT2D eigenvalue weighted by Gasteiger charge is -2.31. The minimum atomic E-state index is -0.00361. The van der Waals surface area contributed by atoms with Crippen molar-refractivity contribution in [3.63, 3.8) is 0 Å². The molecule has 0 spiro atoms. The normalized spacial score (nSPS) is 25.6. The first-order valence-corrected chi connectivity index (χ1v) is 7.18. The van der Waals surface area contributed by atoms with Gasteiger partial charge in [0, 0.05) is 6.54 Å². The van der Waals surface area contributed by atoms with Crippen molar-refractivity contribution in [1.29, 1.82) is 0 Å². The van der Waals surface area contributed by atoms with E-state index in [4.69, 9.17) is 0 Å². The largest absolute Gasteiger partial charge is 0.325 e. The molecule has 18 heavy (non-hydrogen) atoms. The van der Waals surface area contributed by atoms with Crippen LogP contribution in [0.1, 0.15) is 54.9 Å². The minimum Gasteiger partial charge on any atom is -0.325 e. The molecule has 1 aliphatic heterocycles. The quantitative estimate of drug-likeness (QED) is 0.836. The van der Waals surface area contributed by atoms with Gasteiger partial charge in [-0.2, -0.15) is 0 Å². The second-order valence-corrected chi connectivity index (χ2v) is 7.56. The second kappa shape index (κ2) is 5.60. The third kappa shape index (κ3) is 3.98. The molecule has 1 N–H and O–H groups in total. The maximum absolute atomic E-state index is 12.5. The Labute approximate surface area is 112 Å². The van der Waals surface area contributed by atoms with Crippen LogP contribution in [0.3, 0.4) is 0 Å². The Morgan fingerprint density at radius 2 is 1.78 bits per heavy atom. The van der Waals surface area contributed by atoms with Crippen molar-refractivity contribution in [2.24, 2.45) is 17.3 Å². The highest BCUT2D eigenvalue weighted by atomic mass is 16.2. The van der Waals surface area contributed by atoms with E-state index >= 15 is 0 Å². The molecule has 1 rings (SSSR count). The Bertz CT molecular complexity index is 291. The Morgan fingerprint density at radius 1 is 1.22 bits per heavy atom. The fourth-order valence-electron chi connectivity index (χ4n) is 2.52. The highest BCUT2D eigenvalue weighted by molar-refractivity contribution is 5.84. The van der Waals surface area contributed by atoms with E-state index < -0.39 is 0 Å². The summed E-state index contributed by atoms with van der Waals surface area (Å²) in [5.41, 5.74) is 0.151. The van der Waals surface area contributed by atoms with Crippen molar-refractivity contribution in [2.45, 2.75) is 67.1 Å². The second-order valence-electron chi connectivity index (χ2n) is 7.56. The van der Waals surface area contributed by atoms with Gasteiger partial charge in [0.1, 0.15) is 0 Å². The summed E-state index contributed by atoms with van der Waals surface area (Å²) in [7, 11) is 0. The first kappa shape index (κ1) is 15.5. The molecule has 0 aromatic heterocycles. The maximum atomic E-state index is 12.5. The third-order valence-corrected chi connectivity index (χ3v) is 3.30. The van der Waals surface area contributed by atoms with Gasteiger partial charge in [0.25, 0.3) is 0 Å². The molecule has 2 unspecified atom stereocenters. The van der Waals surface area contributed by atoms with E-state index in [0.717, 1.165) is 13.0 Å². The van der Waals surface area contributed by atoms with Crippen LogP contribution < -0.4 is 5.32 Å². The summed E-state index contributed by atoms with van der Waals surface area (Å²) in [6.45, 7) is 16.1. The molecule has 0 aromatic rings. The molecule has 1 heterocycles. The molecule has 0 bridgehead atoms. The van der Waals surface area contributed by atoms with E-state index in [1.807, 2.05) is 0 Å². The van der Waals surface area contributed by atoms with Crippen LogP contribution in [0.2, 0.25) is 0 Å². The SMILES string of the molecule is CC(C)CC1NC(C(C)C)C(=O)N1CC(C)(C)C. The molecule has 1 fully saturated rings. The molecule has 0 aliphatic carbocycles. The lowest BCUT2D eigenvalue weighted by molar-refractivity contribution is -0.132. The van der Waals surface area contributed by atoms with Crippen LogP contribution in [0.4, 0.5) is 0 Å². The van der Waals surface area contributed by atoms with Crippen molar-refractivity contribution in [1.82, 2.24) is 10.2 Å². The van der Waals surface area contributed by atoms with E-state index in [1.165, 1.54) is 0 Å². The van der Waals surface area contributed by atoms with Gasteiger partial charge >= 0.3 is 0 Å². The molecular weight excluding hydrogens is 224 g/mol. The molecule has 2 atom stereocenters. The van der Waals surface area contributed by atoms with Gasteiger partial charge in [-0.15, -0.1) is 0 Å². The molecule has 1 saturated heterocycles. The van der Waals surface area contributed by atoms with Crippen molar-refractivity contribution in [2.75, 3.05) is 6.54 Å². The first-order chi connectivity index (χ1) is 8.11. The Kier molecular flexibility index (Phi) is 4.82. The van der Waals surface area contributed by atoms with Crippen molar-refractivity contribution >= 4 is 5.91 Å². The zero-order chi connectivity index (χ0) is 14.1. The number of carbonyl (C=O) groups is 1. The smallest absolute Gasteiger partial charge is 0.241 e. The number of hydrogen-bond donors (Lipinski definition) is 1. The van der Waals surface area contributed by atoms with Crippen molar-refractivity contribution < 1.29 is 4.79 Å². The number of nitrogens with zero attached hydrogens (tertiary/aromatic N) is 1. The standard InChI is InChI=1S/C15H30N2O/c1-10(2)8-12-16-13(11(3)4)14(18)17(12)9-15(5,6)7/h10-13,16H,8-9H2,1-7H3. The molecule has 106 valence electrons. The van der Waals surface area contributed by atoms with Crippen LogP contribution in [0.5, 0.6) is 0 Å². The average Bonchev–Trinajstić information content (AvgIpc) is 2.43. The lowest BCUT2D eigenvalue weighted by Crippen LogP contribution is -2.42. The number of hydrogen-bond acceptors (Lipinski definition) is 2. The predicted octanol–water partition coefficient (Wildman–Crippen LogP) is 2.86. The average molecular weight is 254 g/mol. The van der Waals surface area contributed by atoms with E-state index in [1.54, 1.807) is 0 Å². The van der Waals surface area contributed by atoms with Gasteiger partial charge in [-0.1, -0.05) is 48.5 Å². The van der Waals surface area contributed by atoms with Gasteiger partial charge in [0.05, 0.1) is 12.2 Å². The van der Waals surface area contributed by atoms with Crippen molar-refractivity contribution in [3.8, 4) is 0 Å². The summed E-state index contributed by atoms with van der Waals surface area (Å²) < 4.78 is 0. The lowest BCUT2D eigenvalue weighted by atomic mass is 9.95. The highest BCUT2D eigenvalue weighted by Gasteiger charge is 2.41. The van der Waals surface area contributed by atoms with Gasteiger partial charge in [-0.05, 0) is 23.7 Å². The summed E-state index contributed by atoms with van der Waals surface area (Å²) >= 11 is 0. The number of amides is 1. The van der Waals surface area contributed by atoms with Crippen LogP contribution in [-0.2, 0) is 4.79 Å². The highest BCUT2D eigenvalue weighted by Crippen LogP contribution is 2.25. The monoisotopic (exact) mass is 254 g/mol. The Morgan fingerprint density at radius 3 is 2.17 bits per heavy atom. The van der Waals surface area contributed by atoms with Crippen LogP contribution in [0.25, 0.3) is 0 Å². The summed E-state index contributed by atoms with van der Waals surface area (Å²) in [6, 6.07) is -0.00361. The topological polar surface area (TPSA) is 32.3 Å². The summed E-state index contributed by atoms with van der Waals surface area (Å²) in [4.78, 5) is 14.5. The number of rotatable bonds is 4. The van der Waals surface area contributed by atoms with Gasteiger partial charge < -0.3 is 4.90 Å². The minimum absolute atomic E-state index is 0.00361. The zero-order valence-electron chi connectivity index (χ0n) is 13.1. The molecular formula is C15H30N2O. The molecule has 1 aliphatic rings. The van der Waals surface area contributed by atoms with Gasteiger partial charge in [-0.3, -0.25) is 10.1 Å². The number of carbonyl (C=O) groups excluding carboxylic acids is 1. The Balaban J connectivity index is 2.83. The fourth-order valence-corrected chi connectivity index (χ4v) is 2.52. The van der Waals surface area contributed by atoms with Gasteiger partial charge in [0.2, 0.25) is 5.91 Å². The molecule has 1 amide bonds. The van der Waals surface area contributed by atoms with Gasteiger partial charge in [0.15, 0.2) is 0 Å². The van der Waals surface area contributed by atoms with Gasteiger partial charge in [-0.25, -0.2) is 0 Å². The molecule has 3 heteroatoms. The van der Waals surface area contributed by atoms with E-state index in [2.05, 4.69) is 58.7 Å². The zero-order valence-corrected chi connectivity index (χ0v) is 13.1. The summed E-state index contributed by atoms with van der Waals surface area (Å²) in [6.07, 6.45) is 1.24. The number of nitrogens with one attached hydrogen (secondary N) is 1. The van der Waals surface area contributed by atoms with Crippen LogP contribution in [0.15, 0.2) is 0 Å². The van der Waals surface area contributed by atoms with Crippen LogP contribution in [0, 0.1) is 17.3 Å². The molecule has 3 nitrogen and oxygen atoms in total. The maximum Gasteiger partial charge on any atom is 0.241 e. The summed E-state index contributed by atoms with van der Waals surface area (Å²) in [5.74, 6) is 1.24. The van der Waals surface area contributed by atoms with Crippen LogP contribution in [-0.4, -0.2) is 29.6 Å². The van der Waals surface area contributed by atoms with E-state index in [9.17, 15) is 4.79 Å². The van der Waals surface area contributed by atoms with E-state index in [-0.39, 0.29) is 23.5 Å². The Hall–Kier alpha value is -0.570. The molecule has 0 radical (unpaired) electrons. The third-order valence-electron chi connectivity index (χ3n) is 3.30. The predicted molar refractivity (Wildman–Crippen MR) is 76.2 cm³/mol. The first-order valence-electron chi connectivity index (χ1n) is 7.18.